The van der Waals surface area contributed by atoms with E-state index >= 15 is 0 Å². The van der Waals surface area contributed by atoms with E-state index in [0.717, 1.165) is 4.70 Å². The summed E-state index contributed by atoms with van der Waals surface area (Å²) >= 11 is 12.7. The van der Waals surface area contributed by atoms with Gasteiger partial charge in [-0.2, -0.15) is 0 Å². The number of aromatic amines is 1. The van der Waals surface area contributed by atoms with Gasteiger partial charge in [0.15, 0.2) is 0 Å². The van der Waals surface area contributed by atoms with Crippen LogP contribution in [0.3, 0.4) is 0 Å². The van der Waals surface area contributed by atoms with E-state index in [1.54, 1.807) is 12.1 Å². The summed E-state index contributed by atoms with van der Waals surface area (Å²) in [7, 11) is 0. The molecule has 0 aliphatic rings. The normalized spacial score (nSPS) is 10.8. The third-order valence-corrected chi connectivity index (χ3v) is 3.09. The van der Waals surface area contributed by atoms with Crippen LogP contribution in [0, 0.1) is 0 Å². The van der Waals surface area contributed by atoms with Crippen LogP contribution in [-0.4, -0.2) is 4.37 Å². The summed E-state index contributed by atoms with van der Waals surface area (Å²) in [6.45, 7) is 0. The standard InChI is InChI=1S/C7H3Cl2NOS/c8-4-1-3-6(2-5(4)9)12-10-7(3)11/h1-2H,(H,10,11). The summed E-state index contributed by atoms with van der Waals surface area (Å²) < 4.78 is 3.43. The summed E-state index contributed by atoms with van der Waals surface area (Å²) in [5.74, 6) is 0. The number of aromatic nitrogens is 1. The highest BCUT2D eigenvalue weighted by atomic mass is 35.5. The number of fused-ring (bicyclic) bond motifs is 1. The average Bonchev–Trinajstić information content (AvgIpc) is 2.35. The average molecular weight is 220 g/mol. The molecule has 0 unspecified atom stereocenters. The van der Waals surface area contributed by atoms with Gasteiger partial charge in [0.1, 0.15) is 0 Å². The molecule has 1 aromatic carbocycles. The predicted molar refractivity (Wildman–Crippen MR) is 52.5 cm³/mol. The fourth-order valence-corrected chi connectivity index (χ4v) is 2.09. The molecule has 1 aromatic heterocycles. The molecule has 12 heavy (non-hydrogen) atoms. The molecule has 0 aliphatic carbocycles. The summed E-state index contributed by atoms with van der Waals surface area (Å²) in [6.07, 6.45) is 0. The number of H-pyrrole nitrogens is 1. The first-order valence-electron chi connectivity index (χ1n) is 3.15. The van der Waals surface area contributed by atoms with Gasteiger partial charge >= 0.3 is 0 Å². The van der Waals surface area contributed by atoms with E-state index in [1.165, 1.54) is 11.5 Å². The fraction of sp³-hybridized carbons (Fsp3) is 0. The lowest BCUT2D eigenvalue weighted by atomic mass is 10.3. The molecule has 1 heterocycles. The van der Waals surface area contributed by atoms with E-state index in [2.05, 4.69) is 4.37 Å². The Hall–Kier alpha value is -0.510. The molecule has 2 rings (SSSR count). The molecular weight excluding hydrogens is 217 g/mol. The minimum Gasteiger partial charge on any atom is -0.277 e. The van der Waals surface area contributed by atoms with Gasteiger partial charge in [-0.25, -0.2) is 0 Å². The Morgan fingerprint density at radius 1 is 1.25 bits per heavy atom. The quantitative estimate of drug-likeness (QED) is 0.727. The van der Waals surface area contributed by atoms with Crippen molar-refractivity contribution in [3.05, 3.63) is 32.5 Å². The monoisotopic (exact) mass is 219 g/mol. The van der Waals surface area contributed by atoms with Crippen molar-refractivity contribution in [1.82, 2.24) is 4.37 Å². The largest absolute Gasteiger partial charge is 0.277 e. The molecule has 0 saturated heterocycles. The first-order valence-corrected chi connectivity index (χ1v) is 4.72. The lowest BCUT2D eigenvalue weighted by molar-refractivity contribution is 1.46. The lowest BCUT2D eigenvalue weighted by Crippen LogP contribution is -1.95. The molecule has 62 valence electrons. The number of halogens is 2. The SMILES string of the molecule is O=c1[nH]sc2cc(Cl)c(Cl)cc12. The second-order valence-corrected chi connectivity index (χ2v) is 3.96. The Bertz CT molecular complexity index is 488. The molecule has 0 atom stereocenters. The Labute approximate surface area is 81.9 Å². The van der Waals surface area contributed by atoms with E-state index < -0.39 is 0 Å². The van der Waals surface area contributed by atoms with Crippen molar-refractivity contribution in [3.63, 3.8) is 0 Å². The minimum atomic E-state index is -0.117. The maximum Gasteiger partial charge on any atom is 0.265 e. The van der Waals surface area contributed by atoms with E-state index in [0.29, 0.717) is 15.4 Å². The topological polar surface area (TPSA) is 32.9 Å². The summed E-state index contributed by atoms with van der Waals surface area (Å²) in [5, 5.41) is 1.47. The molecule has 0 spiro atoms. The molecular formula is C7H3Cl2NOS. The van der Waals surface area contributed by atoms with Crippen molar-refractivity contribution in [2.75, 3.05) is 0 Å². The number of benzene rings is 1. The number of hydrogen-bond acceptors (Lipinski definition) is 2. The summed E-state index contributed by atoms with van der Waals surface area (Å²) in [5.41, 5.74) is -0.117. The maximum atomic E-state index is 11.1. The van der Waals surface area contributed by atoms with Gasteiger partial charge in [-0.15, -0.1) is 0 Å². The zero-order valence-corrected chi connectivity index (χ0v) is 8.06. The van der Waals surface area contributed by atoms with Crippen LogP contribution in [0.25, 0.3) is 10.1 Å². The van der Waals surface area contributed by atoms with Crippen molar-refractivity contribution in [2.24, 2.45) is 0 Å². The van der Waals surface area contributed by atoms with E-state index in [-0.39, 0.29) is 5.56 Å². The first kappa shape index (κ1) is 8.10. The predicted octanol–water partition coefficient (Wildman–Crippen LogP) is 2.90. The Morgan fingerprint density at radius 3 is 2.67 bits per heavy atom. The van der Waals surface area contributed by atoms with Crippen LogP contribution in [-0.2, 0) is 0 Å². The van der Waals surface area contributed by atoms with Crippen LogP contribution in [0.4, 0.5) is 0 Å². The van der Waals surface area contributed by atoms with Crippen LogP contribution in [0.15, 0.2) is 16.9 Å². The van der Waals surface area contributed by atoms with Gasteiger partial charge in [-0.1, -0.05) is 34.7 Å². The van der Waals surface area contributed by atoms with Gasteiger partial charge in [-0.3, -0.25) is 9.17 Å². The van der Waals surface area contributed by atoms with Gasteiger partial charge in [-0.05, 0) is 12.1 Å². The van der Waals surface area contributed by atoms with E-state index in [9.17, 15) is 4.79 Å². The van der Waals surface area contributed by atoms with Gasteiger partial charge in [0.05, 0.1) is 20.1 Å². The third kappa shape index (κ3) is 1.14. The summed E-state index contributed by atoms with van der Waals surface area (Å²) in [6, 6.07) is 3.26. The summed E-state index contributed by atoms with van der Waals surface area (Å²) in [4.78, 5) is 11.1. The Kier molecular flexibility index (Phi) is 1.87. The Balaban J connectivity index is 2.97. The van der Waals surface area contributed by atoms with Crippen LogP contribution < -0.4 is 5.56 Å². The van der Waals surface area contributed by atoms with Gasteiger partial charge in [0.2, 0.25) is 0 Å². The highest BCUT2D eigenvalue weighted by Crippen LogP contribution is 2.27. The molecule has 0 amide bonds. The van der Waals surface area contributed by atoms with Gasteiger partial charge < -0.3 is 0 Å². The number of rotatable bonds is 0. The zero-order chi connectivity index (χ0) is 8.72. The Morgan fingerprint density at radius 2 is 1.92 bits per heavy atom. The molecule has 1 N–H and O–H groups in total. The van der Waals surface area contributed by atoms with Gasteiger partial charge in [0, 0.05) is 0 Å². The van der Waals surface area contributed by atoms with Crippen LogP contribution in [0.5, 0.6) is 0 Å². The number of hydrogen-bond donors (Lipinski definition) is 1. The van der Waals surface area contributed by atoms with E-state index in [1.807, 2.05) is 0 Å². The van der Waals surface area contributed by atoms with Crippen molar-refractivity contribution in [1.29, 1.82) is 0 Å². The first-order chi connectivity index (χ1) is 5.68. The smallest absolute Gasteiger partial charge is 0.265 e. The maximum absolute atomic E-state index is 11.1. The molecule has 2 aromatic rings. The molecule has 0 saturated carbocycles. The molecule has 0 fully saturated rings. The van der Waals surface area contributed by atoms with Crippen LogP contribution >= 0.6 is 34.7 Å². The highest BCUT2D eigenvalue weighted by Gasteiger charge is 2.05. The van der Waals surface area contributed by atoms with Crippen LogP contribution in [0.1, 0.15) is 0 Å². The van der Waals surface area contributed by atoms with Crippen LogP contribution in [0.2, 0.25) is 10.0 Å². The fourth-order valence-electron chi connectivity index (χ4n) is 0.947. The van der Waals surface area contributed by atoms with Crippen molar-refractivity contribution in [3.8, 4) is 0 Å². The second kappa shape index (κ2) is 2.76. The molecule has 2 nitrogen and oxygen atoms in total. The molecule has 0 aliphatic heterocycles. The second-order valence-electron chi connectivity index (χ2n) is 2.30. The van der Waals surface area contributed by atoms with E-state index in [4.69, 9.17) is 23.2 Å². The zero-order valence-electron chi connectivity index (χ0n) is 5.73. The minimum absolute atomic E-state index is 0.117. The third-order valence-electron chi connectivity index (χ3n) is 1.52. The van der Waals surface area contributed by atoms with Crippen molar-refractivity contribution >= 4 is 44.8 Å². The molecule has 0 bridgehead atoms. The van der Waals surface area contributed by atoms with Crippen molar-refractivity contribution < 1.29 is 0 Å². The highest BCUT2D eigenvalue weighted by molar-refractivity contribution is 7.13. The lowest BCUT2D eigenvalue weighted by Gasteiger charge is -1.92. The van der Waals surface area contributed by atoms with Crippen molar-refractivity contribution in [2.45, 2.75) is 0 Å². The molecule has 0 radical (unpaired) electrons. The number of nitrogens with one attached hydrogen (secondary N) is 1. The van der Waals surface area contributed by atoms with Gasteiger partial charge in [0.25, 0.3) is 5.56 Å². The molecule has 5 heteroatoms.